The third-order valence-electron chi connectivity index (χ3n) is 2.79. The van der Waals surface area contributed by atoms with Crippen molar-refractivity contribution in [1.29, 1.82) is 0 Å². The molecule has 2 rings (SSSR count). The minimum Gasteiger partial charge on any atom is -0.488 e. The lowest BCUT2D eigenvalue weighted by atomic mass is 10.0. The highest BCUT2D eigenvalue weighted by molar-refractivity contribution is 7.92. The molecule has 0 radical (unpaired) electrons. The quantitative estimate of drug-likeness (QED) is 0.894. The standard InChI is InChI=1S/C13H19NO3S/c1-9(2)11-5-4-6-12(17-10-7-8-10)13(11)14-18(3,15)16/h4-6,9-10,14H,7-8H2,1-3H3. The largest absolute Gasteiger partial charge is 0.488 e. The van der Waals surface area contributed by atoms with Crippen LogP contribution < -0.4 is 9.46 Å². The third-order valence-corrected chi connectivity index (χ3v) is 3.36. The average Bonchev–Trinajstić information content (AvgIpc) is 3.02. The van der Waals surface area contributed by atoms with Crippen molar-refractivity contribution in [2.75, 3.05) is 11.0 Å². The van der Waals surface area contributed by atoms with E-state index >= 15 is 0 Å². The van der Waals surface area contributed by atoms with Gasteiger partial charge in [0.2, 0.25) is 10.0 Å². The van der Waals surface area contributed by atoms with E-state index in [1.807, 2.05) is 32.0 Å². The normalized spacial score (nSPS) is 15.8. The molecule has 0 atom stereocenters. The second-order valence-electron chi connectivity index (χ2n) is 5.07. The Morgan fingerprint density at radius 2 is 2.00 bits per heavy atom. The molecule has 18 heavy (non-hydrogen) atoms. The first-order valence-corrected chi connectivity index (χ1v) is 8.03. The highest BCUT2D eigenvalue weighted by Gasteiger charge is 2.26. The summed E-state index contributed by atoms with van der Waals surface area (Å²) in [6.45, 7) is 4.06. The van der Waals surface area contributed by atoms with Crippen LogP contribution in [-0.2, 0) is 10.0 Å². The Morgan fingerprint density at radius 3 is 2.50 bits per heavy atom. The van der Waals surface area contributed by atoms with Crippen molar-refractivity contribution in [3.05, 3.63) is 23.8 Å². The van der Waals surface area contributed by atoms with Gasteiger partial charge in [-0.05, 0) is 30.4 Å². The van der Waals surface area contributed by atoms with Crippen molar-refractivity contribution in [1.82, 2.24) is 0 Å². The Hall–Kier alpha value is -1.23. The highest BCUT2D eigenvalue weighted by Crippen LogP contribution is 2.37. The maximum absolute atomic E-state index is 11.5. The Kier molecular flexibility index (Phi) is 3.52. The Balaban J connectivity index is 2.40. The summed E-state index contributed by atoms with van der Waals surface area (Å²) in [7, 11) is -3.30. The number of rotatable bonds is 5. The topological polar surface area (TPSA) is 55.4 Å². The van der Waals surface area contributed by atoms with E-state index in [-0.39, 0.29) is 12.0 Å². The van der Waals surface area contributed by atoms with Gasteiger partial charge in [-0.25, -0.2) is 8.42 Å². The van der Waals surface area contributed by atoms with Gasteiger partial charge in [0.15, 0.2) is 0 Å². The molecule has 0 amide bonds. The first kappa shape index (κ1) is 13.2. The van der Waals surface area contributed by atoms with Crippen LogP contribution in [0.1, 0.15) is 38.2 Å². The number of nitrogens with one attached hydrogen (secondary N) is 1. The van der Waals surface area contributed by atoms with Gasteiger partial charge >= 0.3 is 0 Å². The van der Waals surface area contributed by atoms with Crippen LogP contribution >= 0.6 is 0 Å². The number of hydrogen-bond donors (Lipinski definition) is 1. The molecule has 4 nitrogen and oxygen atoms in total. The molecule has 1 N–H and O–H groups in total. The predicted octanol–water partition coefficient (Wildman–Crippen LogP) is 2.72. The van der Waals surface area contributed by atoms with Gasteiger partial charge in [0.05, 0.1) is 18.0 Å². The van der Waals surface area contributed by atoms with E-state index in [0.29, 0.717) is 11.4 Å². The second-order valence-corrected chi connectivity index (χ2v) is 6.81. The maximum atomic E-state index is 11.5. The van der Waals surface area contributed by atoms with Gasteiger partial charge in [-0.15, -0.1) is 0 Å². The Bertz CT molecular complexity index is 533. The van der Waals surface area contributed by atoms with Gasteiger partial charge in [0.25, 0.3) is 0 Å². The highest BCUT2D eigenvalue weighted by atomic mass is 32.2. The number of anilines is 1. The molecule has 0 unspecified atom stereocenters. The molecular weight excluding hydrogens is 250 g/mol. The number of para-hydroxylation sites is 1. The van der Waals surface area contributed by atoms with Crippen LogP contribution in [-0.4, -0.2) is 20.8 Å². The van der Waals surface area contributed by atoms with E-state index in [9.17, 15) is 8.42 Å². The molecule has 5 heteroatoms. The molecule has 0 spiro atoms. The summed E-state index contributed by atoms with van der Waals surface area (Å²) in [5.41, 5.74) is 1.54. The van der Waals surface area contributed by atoms with Crippen molar-refractivity contribution in [3.63, 3.8) is 0 Å². The fourth-order valence-electron chi connectivity index (χ4n) is 1.79. The van der Waals surface area contributed by atoms with Gasteiger partial charge in [0, 0.05) is 0 Å². The van der Waals surface area contributed by atoms with E-state index in [2.05, 4.69) is 4.72 Å². The zero-order valence-corrected chi connectivity index (χ0v) is 11.8. The van der Waals surface area contributed by atoms with Crippen LogP contribution in [0.25, 0.3) is 0 Å². The van der Waals surface area contributed by atoms with E-state index in [1.54, 1.807) is 0 Å². The molecule has 100 valence electrons. The molecule has 1 fully saturated rings. The van der Waals surface area contributed by atoms with Gasteiger partial charge in [0.1, 0.15) is 5.75 Å². The molecule has 0 heterocycles. The van der Waals surface area contributed by atoms with Crippen molar-refractivity contribution < 1.29 is 13.2 Å². The summed E-state index contributed by atoms with van der Waals surface area (Å²) in [5.74, 6) is 0.867. The van der Waals surface area contributed by atoms with E-state index < -0.39 is 10.0 Å². The number of benzene rings is 1. The lowest BCUT2D eigenvalue weighted by molar-refractivity contribution is 0.304. The zero-order chi connectivity index (χ0) is 13.3. The van der Waals surface area contributed by atoms with Crippen LogP contribution in [0.3, 0.4) is 0 Å². The molecule has 0 bridgehead atoms. The predicted molar refractivity (Wildman–Crippen MR) is 72.6 cm³/mol. The van der Waals surface area contributed by atoms with Crippen LogP contribution in [0.4, 0.5) is 5.69 Å². The summed E-state index contributed by atoms with van der Waals surface area (Å²) in [6, 6.07) is 5.65. The average molecular weight is 269 g/mol. The van der Waals surface area contributed by atoms with Gasteiger partial charge in [-0.2, -0.15) is 0 Å². The minimum absolute atomic E-state index is 0.233. The van der Waals surface area contributed by atoms with Gasteiger partial charge < -0.3 is 4.74 Å². The summed E-state index contributed by atoms with van der Waals surface area (Å²) in [4.78, 5) is 0. The summed E-state index contributed by atoms with van der Waals surface area (Å²) in [5, 5.41) is 0. The first-order valence-electron chi connectivity index (χ1n) is 6.14. The van der Waals surface area contributed by atoms with Crippen molar-refractivity contribution in [2.24, 2.45) is 0 Å². The first-order chi connectivity index (χ1) is 8.37. The van der Waals surface area contributed by atoms with E-state index in [0.717, 1.165) is 24.7 Å². The van der Waals surface area contributed by atoms with Crippen LogP contribution in [0.2, 0.25) is 0 Å². The molecule has 0 saturated heterocycles. The molecule has 1 aromatic rings. The molecule has 1 saturated carbocycles. The zero-order valence-electron chi connectivity index (χ0n) is 10.9. The number of hydrogen-bond acceptors (Lipinski definition) is 3. The monoisotopic (exact) mass is 269 g/mol. The Morgan fingerprint density at radius 1 is 1.33 bits per heavy atom. The number of ether oxygens (including phenoxy) is 1. The van der Waals surface area contributed by atoms with Crippen molar-refractivity contribution >= 4 is 15.7 Å². The van der Waals surface area contributed by atoms with Crippen LogP contribution in [0.5, 0.6) is 5.75 Å². The van der Waals surface area contributed by atoms with E-state index in [4.69, 9.17) is 4.74 Å². The molecule has 1 aliphatic rings. The summed E-state index contributed by atoms with van der Waals surface area (Å²) >= 11 is 0. The van der Waals surface area contributed by atoms with Crippen LogP contribution in [0.15, 0.2) is 18.2 Å². The molecular formula is C13H19NO3S. The smallest absolute Gasteiger partial charge is 0.229 e. The van der Waals surface area contributed by atoms with Gasteiger partial charge in [-0.3, -0.25) is 4.72 Å². The maximum Gasteiger partial charge on any atom is 0.229 e. The van der Waals surface area contributed by atoms with Crippen molar-refractivity contribution in [3.8, 4) is 5.75 Å². The second kappa shape index (κ2) is 4.80. The third kappa shape index (κ3) is 3.38. The minimum atomic E-state index is -3.30. The fourth-order valence-corrected chi connectivity index (χ4v) is 2.38. The van der Waals surface area contributed by atoms with E-state index in [1.165, 1.54) is 0 Å². The SMILES string of the molecule is CC(C)c1cccc(OC2CC2)c1NS(C)(=O)=O. The van der Waals surface area contributed by atoms with Crippen LogP contribution in [0, 0.1) is 0 Å². The molecule has 0 aromatic heterocycles. The number of sulfonamides is 1. The summed E-state index contributed by atoms with van der Waals surface area (Å²) < 4.78 is 31.3. The van der Waals surface area contributed by atoms with Crippen molar-refractivity contribution in [2.45, 2.75) is 38.7 Å². The van der Waals surface area contributed by atoms with Gasteiger partial charge in [-0.1, -0.05) is 26.0 Å². The lowest BCUT2D eigenvalue weighted by Crippen LogP contribution is -2.13. The Labute approximate surface area is 108 Å². The fraction of sp³-hybridized carbons (Fsp3) is 0.538. The molecule has 0 aliphatic heterocycles. The summed E-state index contributed by atoms with van der Waals surface area (Å²) in [6.07, 6.45) is 3.49. The molecule has 1 aliphatic carbocycles. The molecule has 1 aromatic carbocycles. The lowest BCUT2D eigenvalue weighted by Gasteiger charge is -2.18.